The summed E-state index contributed by atoms with van der Waals surface area (Å²) in [6.45, 7) is -0.0461. The Morgan fingerprint density at radius 1 is 0.719 bits per heavy atom. The van der Waals surface area contributed by atoms with Crippen molar-refractivity contribution in [1.82, 2.24) is 9.97 Å². The summed E-state index contributed by atoms with van der Waals surface area (Å²) in [6.07, 6.45) is 2.89. The zero-order valence-electron chi connectivity index (χ0n) is 17.4. The fraction of sp³-hybridized carbons (Fsp3) is 0.182. The number of ether oxygens (including phenoxy) is 2. The normalized spacial score (nSPS) is 10.8. The standard InChI is InChI=1S/C22H20N2O7P/c1-26-19-7-3-15(4-8-19)21-23-17(11-28-21)13-30-32(25)31-14-18-12-29-22(24-18)16-5-9-20(27-2)10-6-16/h3-12H,13-14H2,1-2H3/q+1. The minimum Gasteiger partial charge on any atom is -0.497 e. The van der Waals surface area contributed by atoms with Gasteiger partial charge < -0.3 is 18.3 Å². The van der Waals surface area contributed by atoms with Gasteiger partial charge in [0.25, 0.3) is 0 Å². The summed E-state index contributed by atoms with van der Waals surface area (Å²) >= 11 is 0. The highest BCUT2D eigenvalue weighted by Gasteiger charge is 2.23. The molecular weight excluding hydrogens is 435 g/mol. The lowest BCUT2D eigenvalue weighted by molar-refractivity contribution is 0.209. The molecule has 2 heterocycles. The Bertz CT molecular complexity index is 1080. The van der Waals surface area contributed by atoms with Gasteiger partial charge in [0.2, 0.25) is 11.8 Å². The molecule has 0 aliphatic heterocycles. The SMILES string of the molecule is COc1ccc(-c2nc(CO[P+](=O)OCc3coc(-c4ccc(OC)cc4)n3)co2)cc1. The molecule has 0 spiro atoms. The first-order valence-corrected chi connectivity index (χ1v) is 10.6. The molecule has 32 heavy (non-hydrogen) atoms. The first-order chi connectivity index (χ1) is 15.6. The van der Waals surface area contributed by atoms with Gasteiger partial charge in [-0.2, -0.15) is 0 Å². The van der Waals surface area contributed by atoms with Crippen LogP contribution in [-0.2, 0) is 26.8 Å². The second kappa shape index (κ2) is 10.2. The van der Waals surface area contributed by atoms with E-state index in [4.69, 9.17) is 27.4 Å². The maximum absolute atomic E-state index is 12.0. The van der Waals surface area contributed by atoms with Crippen LogP contribution in [0.15, 0.2) is 69.9 Å². The predicted octanol–water partition coefficient (Wildman–Crippen LogP) is 5.40. The monoisotopic (exact) mass is 455 g/mol. The first-order valence-electron chi connectivity index (χ1n) is 9.55. The average molecular weight is 455 g/mol. The second-order valence-corrected chi connectivity index (χ2v) is 7.48. The van der Waals surface area contributed by atoms with Gasteiger partial charge in [-0.1, -0.05) is 0 Å². The van der Waals surface area contributed by atoms with Gasteiger partial charge >= 0.3 is 8.25 Å². The lowest BCUT2D eigenvalue weighted by Crippen LogP contribution is -1.91. The van der Waals surface area contributed by atoms with Gasteiger partial charge in [0.05, 0.1) is 14.2 Å². The minimum absolute atomic E-state index is 0.0230. The van der Waals surface area contributed by atoms with E-state index in [0.29, 0.717) is 23.2 Å². The summed E-state index contributed by atoms with van der Waals surface area (Å²) in [6, 6.07) is 14.6. The third-order valence-corrected chi connectivity index (χ3v) is 5.09. The molecule has 10 heteroatoms. The molecular formula is C22H20N2O7P+. The van der Waals surface area contributed by atoms with Crippen LogP contribution in [0.1, 0.15) is 11.4 Å². The van der Waals surface area contributed by atoms with Crippen LogP contribution in [0.25, 0.3) is 22.9 Å². The molecule has 4 rings (SSSR count). The van der Waals surface area contributed by atoms with Crippen molar-refractivity contribution in [3.8, 4) is 34.4 Å². The molecule has 0 unspecified atom stereocenters. The molecule has 0 N–H and O–H groups in total. The Morgan fingerprint density at radius 2 is 1.12 bits per heavy atom. The molecule has 0 saturated heterocycles. The minimum atomic E-state index is -2.38. The smallest absolute Gasteiger partial charge is 0.497 e. The van der Waals surface area contributed by atoms with E-state index in [2.05, 4.69) is 9.97 Å². The van der Waals surface area contributed by atoms with E-state index in [0.717, 1.165) is 22.6 Å². The number of methoxy groups -OCH3 is 2. The van der Waals surface area contributed by atoms with Crippen molar-refractivity contribution in [2.24, 2.45) is 0 Å². The second-order valence-electron chi connectivity index (χ2n) is 6.52. The van der Waals surface area contributed by atoms with Crippen molar-refractivity contribution in [1.29, 1.82) is 0 Å². The van der Waals surface area contributed by atoms with Crippen LogP contribution in [0, 0.1) is 0 Å². The van der Waals surface area contributed by atoms with E-state index in [1.165, 1.54) is 12.5 Å². The van der Waals surface area contributed by atoms with Gasteiger partial charge in [0.15, 0.2) is 13.2 Å². The van der Waals surface area contributed by atoms with Gasteiger partial charge in [-0.3, -0.25) is 0 Å². The summed E-state index contributed by atoms with van der Waals surface area (Å²) in [7, 11) is 0.819. The maximum Gasteiger partial charge on any atom is 0.698 e. The summed E-state index contributed by atoms with van der Waals surface area (Å²) in [5.41, 5.74) is 2.56. The molecule has 0 atom stereocenters. The fourth-order valence-electron chi connectivity index (χ4n) is 2.75. The van der Waals surface area contributed by atoms with Crippen molar-refractivity contribution in [3.05, 3.63) is 72.4 Å². The molecule has 0 saturated carbocycles. The van der Waals surface area contributed by atoms with Crippen LogP contribution in [-0.4, -0.2) is 24.2 Å². The number of rotatable bonds is 10. The van der Waals surface area contributed by atoms with Crippen molar-refractivity contribution in [2.45, 2.75) is 13.2 Å². The maximum atomic E-state index is 12.0. The highest BCUT2D eigenvalue weighted by molar-refractivity contribution is 7.33. The Morgan fingerprint density at radius 3 is 1.50 bits per heavy atom. The van der Waals surface area contributed by atoms with Crippen LogP contribution in [0.3, 0.4) is 0 Å². The third-order valence-electron chi connectivity index (χ3n) is 4.41. The van der Waals surface area contributed by atoms with Gasteiger partial charge in [-0.25, -0.2) is 9.97 Å². The highest BCUT2D eigenvalue weighted by atomic mass is 31.1. The van der Waals surface area contributed by atoms with Crippen LogP contribution in [0.2, 0.25) is 0 Å². The van der Waals surface area contributed by atoms with Crippen LogP contribution >= 0.6 is 8.25 Å². The molecule has 9 nitrogen and oxygen atoms in total. The lowest BCUT2D eigenvalue weighted by Gasteiger charge is -1.99. The zero-order chi connectivity index (χ0) is 22.3. The molecule has 2 aromatic heterocycles. The van der Waals surface area contributed by atoms with E-state index >= 15 is 0 Å². The highest BCUT2D eigenvalue weighted by Crippen LogP contribution is 2.29. The Labute approximate surface area is 184 Å². The van der Waals surface area contributed by atoms with Gasteiger partial charge in [-0.05, 0) is 48.5 Å². The van der Waals surface area contributed by atoms with Crippen LogP contribution in [0.5, 0.6) is 11.5 Å². The number of hydrogen-bond acceptors (Lipinski definition) is 9. The summed E-state index contributed by atoms with van der Waals surface area (Å²) in [4.78, 5) is 8.65. The molecule has 2 aromatic carbocycles. The number of benzene rings is 2. The van der Waals surface area contributed by atoms with E-state index in [1.807, 2.05) is 48.5 Å². The van der Waals surface area contributed by atoms with E-state index in [1.54, 1.807) is 14.2 Å². The lowest BCUT2D eigenvalue weighted by atomic mass is 10.2. The molecule has 0 aliphatic carbocycles. The first kappa shape index (κ1) is 21.7. The summed E-state index contributed by atoms with van der Waals surface area (Å²) in [5.74, 6) is 2.33. The van der Waals surface area contributed by atoms with Gasteiger partial charge in [0, 0.05) is 15.7 Å². The van der Waals surface area contributed by atoms with Gasteiger partial charge in [0.1, 0.15) is 35.4 Å². The van der Waals surface area contributed by atoms with Crippen LogP contribution in [0.4, 0.5) is 0 Å². The third kappa shape index (κ3) is 5.39. The van der Waals surface area contributed by atoms with Gasteiger partial charge in [-0.15, -0.1) is 9.05 Å². The van der Waals surface area contributed by atoms with Crippen molar-refractivity contribution in [3.63, 3.8) is 0 Å². The largest absolute Gasteiger partial charge is 0.698 e. The number of nitrogens with zero attached hydrogens (tertiary/aromatic N) is 2. The predicted molar refractivity (Wildman–Crippen MR) is 114 cm³/mol. The summed E-state index contributed by atoms with van der Waals surface area (Å²) < 4.78 is 43.6. The number of aromatic nitrogens is 2. The zero-order valence-corrected chi connectivity index (χ0v) is 18.3. The fourth-order valence-corrected chi connectivity index (χ4v) is 3.30. The molecule has 0 fully saturated rings. The number of hydrogen-bond donors (Lipinski definition) is 0. The summed E-state index contributed by atoms with van der Waals surface area (Å²) in [5, 5.41) is 0. The molecule has 164 valence electrons. The quantitative estimate of drug-likeness (QED) is 0.290. The molecule has 0 radical (unpaired) electrons. The average Bonchev–Trinajstić information content (AvgIpc) is 3.51. The van der Waals surface area contributed by atoms with E-state index in [9.17, 15) is 4.57 Å². The Kier molecular flexibility index (Phi) is 6.91. The van der Waals surface area contributed by atoms with E-state index in [-0.39, 0.29) is 13.2 Å². The van der Waals surface area contributed by atoms with E-state index < -0.39 is 8.25 Å². The van der Waals surface area contributed by atoms with Crippen molar-refractivity contribution >= 4 is 8.25 Å². The van der Waals surface area contributed by atoms with Crippen molar-refractivity contribution in [2.75, 3.05) is 14.2 Å². The number of oxazole rings is 2. The molecule has 0 bridgehead atoms. The topological polar surface area (TPSA) is 106 Å². The van der Waals surface area contributed by atoms with Crippen LogP contribution < -0.4 is 9.47 Å². The van der Waals surface area contributed by atoms with Crippen molar-refractivity contribution < 1.29 is 31.9 Å². The Balaban J connectivity index is 1.26. The Hall–Kier alpha value is -3.52. The molecule has 0 aliphatic rings. The molecule has 0 amide bonds. The molecule has 4 aromatic rings.